The molecular formula is C12H13N3O4S. The Kier molecular flexibility index (Phi) is 2.97. The Hall–Kier alpha value is -1.96. The number of hydrogen-bond acceptors (Lipinski definition) is 6. The third kappa shape index (κ3) is 2.15. The molecule has 0 aliphatic carbocycles. The van der Waals surface area contributed by atoms with Crippen molar-refractivity contribution in [1.29, 1.82) is 0 Å². The predicted octanol–water partition coefficient (Wildman–Crippen LogP) is 0.418. The van der Waals surface area contributed by atoms with E-state index in [4.69, 9.17) is 0 Å². The van der Waals surface area contributed by atoms with Crippen molar-refractivity contribution in [3.05, 3.63) is 29.7 Å². The number of methoxy groups -OCH3 is 1. The Labute approximate surface area is 115 Å². The molecular weight excluding hydrogens is 282 g/mol. The molecule has 0 radical (unpaired) electrons. The topological polar surface area (TPSA) is 90.6 Å². The quantitative estimate of drug-likeness (QED) is 0.746. The summed E-state index contributed by atoms with van der Waals surface area (Å²) in [7, 11) is -1.66. The fourth-order valence-corrected chi connectivity index (χ4v) is 4.17. The van der Waals surface area contributed by atoms with Crippen LogP contribution in [0.15, 0.2) is 18.3 Å². The maximum absolute atomic E-state index is 11.5. The molecule has 1 atom stereocenters. The van der Waals surface area contributed by atoms with Crippen LogP contribution in [0.4, 0.5) is 0 Å². The van der Waals surface area contributed by atoms with Gasteiger partial charge in [-0.05, 0) is 18.6 Å². The van der Waals surface area contributed by atoms with E-state index in [1.807, 2.05) is 0 Å². The number of fused-ring (bicyclic) bond motifs is 1. The van der Waals surface area contributed by atoms with Gasteiger partial charge in [0.15, 0.2) is 15.5 Å². The number of sulfone groups is 1. The highest BCUT2D eigenvalue weighted by atomic mass is 32.2. The SMILES string of the molecule is COC(=O)c1ccn2c(C3CCS(=O)(=O)C3)nnc2c1. The molecule has 1 saturated heterocycles. The molecule has 8 heteroatoms. The largest absolute Gasteiger partial charge is 0.465 e. The van der Waals surface area contributed by atoms with Gasteiger partial charge in [0.2, 0.25) is 0 Å². The molecule has 0 bridgehead atoms. The van der Waals surface area contributed by atoms with Crippen molar-refractivity contribution in [2.45, 2.75) is 12.3 Å². The second-order valence-electron chi connectivity index (χ2n) is 4.79. The van der Waals surface area contributed by atoms with Crippen molar-refractivity contribution in [3.63, 3.8) is 0 Å². The summed E-state index contributed by atoms with van der Waals surface area (Å²) in [6, 6.07) is 3.18. The van der Waals surface area contributed by atoms with E-state index in [2.05, 4.69) is 14.9 Å². The van der Waals surface area contributed by atoms with Crippen LogP contribution in [-0.4, -0.2) is 47.6 Å². The minimum absolute atomic E-state index is 0.104. The van der Waals surface area contributed by atoms with Crippen LogP contribution in [0.25, 0.3) is 5.65 Å². The number of nitrogens with zero attached hydrogens (tertiary/aromatic N) is 3. The molecule has 0 amide bonds. The molecule has 1 aliphatic rings. The minimum atomic E-state index is -2.97. The molecule has 3 heterocycles. The predicted molar refractivity (Wildman–Crippen MR) is 70.3 cm³/mol. The van der Waals surface area contributed by atoms with Crippen LogP contribution in [-0.2, 0) is 14.6 Å². The van der Waals surface area contributed by atoms with E-state index in [1.54, 1.807) is 22.7 Å². The number of carbonyl (C=O) groups excluding carboxylic acids is 1. The van der Waals surface area contributed by atoms with Crippen LogP contribution >= 0.6 is 0 Å². The first-order chi connectivity index (χ1) is 9.50. The summed E-state index contributed by atoms with van der Waals surface area (Å²) in [6.45, 7) is 0. The lowest BCUT2D eigenvalue weighted by Gasteiger charge is -2.05. The van der Waals surface area contributed by atoms with Crippen LogP contribution in [0.5, 0.6) is 0 Å². The van der Waals surface area contributed by atoms with Crippen LogP contribution in [0.3, 0.4) is 0 Å². The summed E-state index contributed by atoms with van der Waals surface area (Å²) in [5, 5.41) is 8.06. The summed E-state index contributed by atoms with van der Waals surface area (Å²) in [5.74, 6) is 0.330. The van der Waals surface area contributed by atoms with Crippen LogP contribution in [0.2, 0.25) is 0 Å². The molecule has 0 spiro atoms. The number of aromatic nitrogens is 3. The lowest BCUT2D eigenvalue weighted by molar-refractivity contribution is 0.0600. The van der Waals surface area contributed by atoms with E-state index in [1.165, 1.54) is 7.11 Å². The summed E-state index contributed by atoms with van der Waals surface area (Å²) in [4.78, 5) is 11.4. The number of esters is 1. The van der Waals surface area contributed by atoms with Crippen molar-refractivity contribution in [3.8, 4) is 0 Å². The zero-order chi connectivity index (χ0) is 14.3. The second-order valence-corrected chi connectivity index (χ2v) is 7.02. The normalized spacial score (nSPS) is 21.1. The molecule has 0 N–H and O–H groups in total. The Morgan fingerprint density at radius 2 is 2.25 bits per heavy atom. The van der Waals surface area contributed by atoms with Crippen LogP contribution in [0, 0.1) is 0 Å². The van der Waals surface area contributed by atoms with E-state index in [0.717, 1.165) is 0 Å². The zero-order valence-corrected chi connectivity index (χ0v) is 11.6. The van der Waals surface area contributed by atoms with Crippen molar-refractivity contribution in [2.24, 2.45) is 0 Å². The smallest absolute Gasteiger partial charge is 0.338 e. The van der Waals surface area contributed by atoms with Gasteiger partial charge < -0.3 is 4.74 Å². The number of rotatable bonds is 2. The van der Waals surface area contributed by atoms with Gasteiger partial charge in [0.25, 0.3) is 0 Å². The fraction of sp³-hybridized carbons (Fsp3) is 0.417. The molecule has 7 nitrogen and oxygen atoms in total. The number of carbonyl (C=O) groups is 1. The lowest BCUT2D eigenvalue weighted by Crippen LogP contribution is -2.08. The highest BCUT2D eigenvalue weighted by molar-refractivity contribution is 7.91. The Morgan fingerprint density at radius 3 is 2.90 bits per heavy atom. The molecule has 1 unspecified atom stereocenters. The minimum Gasteiger partial charge on any atom is -0.465 e. The van der Waals surface area contributed by atoms with Gasteiger partial charge in [-0.1, -0.05) is 0 Å². The monoisotopic (exact) mass is 295 g/mol. The van der Waals surface area contributed by atoms with E-state index in [9.17, 15) is 13.2 Å². The molecule has 20 heavy (non-hydrogen) atoms. The van der Waals surface area contributed by atoms with Gasteiger partial charge >= 0.3 is 5.97 Å². The second kappa shape index (κ2) is 4.55. The van der Waals surface area contributed by atoms with Crippen molar-refractivity contribution < 1.29 is 17.9 Å². The highest BCUT2D eigenvalue weighted by Crippen LogP contribution is 2.27. The first-order valence-corrected chi connectivity index (χ1v) is 7.96. The highest BCUT2D eigenvalue weighted by Gasteiger charge is 2.32. The van der Waals surface area contributed by atoms with Gasteiger partial charge in [0.1, 0.15) is 5.82 Å². The zero-order valence-electron chi connectivity index (χ0n) is 10.8. The molecule has 0 saturated carbocycles. The Morgan fingerprint density at radius 1 is 1.45 bits per heavy atom. The molecule has 2 aromatic heterocycles. The van der Waals surface area contributed by atoms with Crippen molar-refractivity contribution in [2.75, 3.05) is 18.6 Å². The Bertz CT molecular complexity index is 781. The van der Waals surface area contributed by atoms with Gasteiger partial charge in [-0.2, -0.15) is 0 Å². The Balaban J connectivity index is 2.00. The third-order valence-electron chi connectivity index (χ3n) is 3.46. The van der Waals surface area contributed by atoms with Gasteiger partial charge in [-0.15, -0.1) is 10.2 Å². The van der Waals surface area contributed by atoms with Crippen molar-refractivity contribution in [1.82, 2.24) is 14.6 Å². The number of ether oxygens (including phenoxy) is 1. The average Bonchev–Trinajstić information content (AvgIpc) is 2.99. The molecule has 2 aromatic rings. The van der Waals surface area contributed by atoms with Crippen LogP contribution < -0.4 is 0 Å². The van der Waals surface area contributed by atoms with E-state index in [-0.39, 0.29) is 17.4 Å². The van der Waals surface area contributed by atoms with E-state index < -0.39 is 15.8 Å². The van der Waals surface area contributed by atoms with E-state index >= 15 is 0 Å². The standard InChI is InChI=1S/C12H13N3O4S/c1-19-12(16)8-2-4-15-10(6-8)13-14-11(15)9-3-5-20(17,18)7-9/h2,4,6,9H,3,5,7H2,1H3. The van der Waals surface area contributed by atoms with Crippen molar-refractivity contribution >= 4 is 21.5 Å². The molecule has 3 rings (SSSR count). The maximum Gasteiger partial charge on any atom is 0.338 e. The molecule has 0 aromatic carbocycles. The average molecular weight is 295 g/mol. The van der Waals surface area contributed by atoms with E-state index in [0.29, 0.717) is 23.5 Å². The molecule has 106 valence electrons. The molecule has 1 aliphatic heterocycles. The van der Waals surface area contributed by atoms with Gasteiger partial charge in [-0.25, -0.2) is 13.2 Å². The number of hydrogen-bond donors (Lipinski definition) is 0. The van der Waals surface area contributed by atoms with Gasteiger partial charge in [0.05, 0.1) is 24.2 Å². The first kappa shape index (κ1) is 13.0. The van der Waals surface area contributed by atoms with Gasteiger partial charge in [-0.3, -0.25) is 4.40 Å². The summed E-state index contributed by atoms with van der Waals surface area (Å²) < 4.78 is 29.4. The van der Waals surface area contributed by atoms with Gasteiger partial charge in [0, 0.05) is 12.1 Å². The lowest BCUT2D eigenvalue weighted by atomic mass is 10.1. The summed E-state index contributed by atoms with van der Waals surface area (Å²) >= 11 is 0. The molecule has 1 fully saturated rings. The summed E-state index contributed by atoms with van der Waals surface area (Å²) in [6.07, 6.45) is 2.23. The third-order valence-corrected chi connectivity index (χ3v) is 5.22. The first-order valence-electron chi connectivity index (χ1n) is 6.13. The van der Waals surface area contributed by atoms with Crippen LogP contribution in [0.1, 0.15) is 28.5 Å². The summed E-state index contributed by atoms with van der Waals surface area (Å²) in [5.41, 5.74) is 0.894. The number of pyridine rings is 1. The maximum atomic E-state index is 11.5. The fourth-order valence-electron chi connectivity index (χ4n) is 2.43.